The van der Waals surface area contributed by atoms with Gasteiger partial charge in [-0.2, -0.15) is 0 Å². The highest BCUT2D eigenvalue weighted by Gasteiger charge is 2.25. The van der Waals surface area contributed by atoms with Gasteiger partial charge < -0.3 is 0 Å². The van der Waals surface area contributed by atoms with Gasteiger partial charge in [-0.1, -0.05) is 199 Å². The summed E-state index contributed by atoms with van der Waals surface area (Å²) in [7, 11) is -1.80. The van der Waals surface area contributed by atoms with Crippen molar-refractivity contribution in [3.63, 3.8) is 0 Å². The smallest absolute Gasteiger partial charge is 0.235 e. The van der Waals surface area contributed by atoms with E-state index < -0.39 is 8.07 Å². The van der Waals surface area contributed by atoms with E-state index in [9.17, 15) is 0 Å². The zero-order chi connectivity index (χ0) is 41.6. The number of fused-ring (bicyclic) bond motifs is 5. The molecule has 62 heavy (non-hydrogen) atoms. The molecular formula is C58H43N3Si. The van der Waals surface area contributed by atoms with Crippen molar-refractivity contribution in [3.05, 3.63) is 225 Å². The van der Waals surface area contributed by atoms with Crippen LogP contribution in [-0.2, 0) is 0 Å². The fraction of sp³-hybridized carbons (Fsp3) is 0.0345. The predicted octanol–water partition coefficient (Wildman–Crippen LogP) is 13.9. The summed E-state index contributed by atoms with van der Waals surface area (Å²) < 4.78 is 2.26. The van der Waals surface area contributed by atoms with E-state index in [0.29, 0.717) is 5.95 Å². The number of hydrogen-bond donors (Lipinski definition) is 0. The molecule has 0 atom stereocenters. The Kier molecular flexibility index (Phi) is 9.29. The third kappa shape index (κ3) is 6.71. The fourth-order valence-corrected chi connectivity index (χ4v) is 11.5. The quantitative estimate of drug-likeness (QED) is 0.143. The molecule has 0 radical (unpaired) electrons. The van der Waals surface area contributed by atoms with E-state index in [1.165, 1.54) is 54.5 Å². The maximum atomic E-state index is 5.34. The molecule has 11 aromatic rings. The second kappa shape index (κ2) is 15.4. The maximum Gasteiger partial charge on any atom is 0.235 e. The number of hydrogen-bond acceptors (Lipinski definition) is 2. The van der Waals surface area contributed by atoms with Gasteiger partial charge in [0, 0.05) is 27.9 Å². The van der Waals surface area contributed by atoms with E-state index in [-0.39, 0.29) is 0 Å². The van der Waals surface area contributed by atoms with E-state index in [0.717, 1.165) is 44.2 Å². The molecule has 0 N–H and O–H groups in total. The summed E-state index contributed by atoms with van der Waals surface area (Å²) in [6.07, 6.45) is 1.90. The molecule has 0 saturated heterocycles. The first-order chi connectivity index (χ1) is 30.5. The van der Waals surface area contributed by atoms with Gasteiger partial charge in [0.05, 0.1) is 16.7 Å². The van der Waals surface area contributed by atoms with Crippen LogP contribution in [0.4, 0.5) is 0 Å². The fourth-order valence-electron chi connectivity index (χ4n) is 9.13. The normalized spacial score (nSPS) is 11.7. The van der Waals surface area contributed by atoms with Crippen LogP contribution in [0.3, 0.4) is 0 Å². The third-order valence-electron chi connectivity index (χ3n) is 12.6. The standard InChI is InChI=1S/C58H43N3Si/c1-62(2,50-22-10-5-11-23-50)51-29-25-42(26-30-51)44-20-14-21-46(35-44)55-33-34-59-58(60-55)61-56-32-28-45(39-54(56)53-31-27-43-19-12-13-24-52(43)57(53)61)49-37-47(40-15-6-3-7-16-40)36-48(38-49)41-17-8-4-9-18-41/h3-39H,1-2H3. The van der Waals surface area contributed by atoms with Gasteiger partial charge in [-0.25, -0.2) is 9.97 Å². The summed E-state index contributed by atoms with van der Waals surface area (Å²) in [6, 6.07) is 79.1. The van der Waals surface area contributed by atoms with Crippen LogP contribution in [-0.4, -0.2) is 22.6 Å². The van der Waals surface area contributed by atoms with Crippen LogP contribution < -0.4 is 10.4 Å². The molecule has 0 fully saturated rings. The molecule has 0 unspecified atom stereocenters. The lowest BCUT2D eigenvalue weighted by atomic mass is 9.93. The average molecular weight is 810 g/mol. The van der Waals surface area contributed by atoms with Crippen LogP contribution in [0.25, 0.3) is 94.3 Å². The Morgan fingerprint density at radius 2 is 0.903 bits per heavy atom. The largest absolute Gasteiger partial charge is 0.277 e. The van der Waals surface area contributed by atoms with Gasteiger partial charge in [0.2, 0.25) is 5.95 Å². The summed E-state index contributed by atoms with van der Waals surface area (Å²) in [4.78, 5) is 10.3. The van der Waals surface area contributed by atoms with Gasteiger partial charge in [-0.05, 0) is 92.4 Å². The van der Waals surface area contributed by atoms with Crippen molar-refractivity contribution >= 4 is 51.0 Å². The second-order valence-corrected chi connectivity index (χ2v) is 21.1. The summed E-state index contributed by atoms with van der Waals surface area (Å²) >= 11 is 0. The molecular weight excluding hydrogens is 767 g/mol. The van der Waals surface area contributed by atoms with Gasteiger partial charge in [0.1, 0.15) is 8.07 Å². The minimum absolute atomic E-state index is 0.645. The maximum absolute atomic E-state index is 5.34. The first kappa shape index (κ1) is 37.3. The minimum atomic E-state index is -1.80. The lowest BCUT2D eigenvalue weighted by molar-refractivity contribution is 0.994. The zero-order valence-corrected chi connectivity index (χ0v) is 35.7. The van der Waals surface area contributed by atoms with Gasteiger partial charge in [0.15, 0.2) is 0 Å². The molecule has 9 aromatic carbocycles. The molecule has 0 aliphatic rings. The molecule has 4 heteroatoms. The average Bonchev–Trinajstić information content (AvgIpc) is 3.69. The topological polar surface area (TPSA) is 30.7 Å². The predicted molar refractivity (Wildman–Crippen MR) is 264 cm³/mol. The van der Waals surface area contributed by atoms with E-state index in [4.69, 9.17) is 9.97 Å². The first-order valence-corrected chi connectivity index (χ1v) is 24.3. The molecule has 2 heterocycles. The van der Waals surface area contributed by atoms with E-state index in [1.54, 1.807) is 0 Å². The van der Waals surface area contributed by atoms with Crippen molar-refractivity contribution in [2.75, 3.05) is 0 Å². The van der Waals surface area contributed by atoms with Crippen LogP contribution in [0.1, 0.15) is 0 Å². The number of aromatic nitrogens is 3. The van der Waals surface area contributed by atoms with Crippen LogP contribution >= 0.6 is 0 Å². The van der Waals surface area contributed by atoms with Crippen LogP contribution in [0.5, 0.6) is 0 Å². The van der Waals surface area contributed by atoms with Gasteiger partial charge in [0.25, 0.3) is 0 Å². The molecule has 0 amide bonds. The Hall–Kier alpha value is -7.66. The molecule has 2 aromatic heterocycles. The molecule has 294 valence electrons. The Balaban J connectivity index is 1.02. The molecule has 0 aliphatic carbocycles. The van der Waals surface area contributed by atoms with Gasteiger partial charge in [-0.3, -0.25) is 4.57 Å². The van der Waals surface area contributed by atoms with Crippen LogP contribution in [0.2, 0.25) is 13.1 Å². The lowest BCUT2D eigenvalue weighted by Gasteiger charge is -2.24. The Morgan fingerprint density at radius 1 is 0.371 bits per heavy atom. The summed E-state index contributed by atoms with van der Waals surface area (Å²) in [5.74, 6) is 0.645. The van der Waals surface area contributed by atoms with Crippen molar-refractivity contribution < 1.29 is 0 Å². The highest BCUT2D eigenvalue weighted by Crippen LogP contribution is 2.40. The summed E-state index contributed by atoms with van der Waals surface area (Å²) in [5.41, 5.74) is 13.6. The molecule has 0 saturated carbocycles. The number of rotatable bonds is 8. The minimum Gasteiger partial charge on any atom is -0.277 e. The van der Waals surface area contributed by atoms with Crippen LogP contribution in [0.15, 0.2) is 225 Å². The SMILES string of the molecule is C[Si](C)(c1ccccc1)c1ccc(-c2cccc(-c3ccnc(-n4c5ccc(-c6cc(-c7ccccc7)cc(-c7ccccc7)c6)cc5c5ccc6ccccc6c54)n3)c2)cc1. The Morgan fingerprint density at radius 3 is 1.61 bits per heavy atom. The van der Waals surface area contributed by atoms with Crippen molar-refractivity contribution in [3.8, 4) is 61.7 Å². The third-order valence-corrected chi connectivity index (χ3v) is 16.1. The Bertz CT molecular complexity index is 3350. The summed E-state index contributed by atoms with van der Waals surface area (Å²) in [6.45, 7) is 4.85. The zero-order valence-electron chi connectivity index (χ0n) is 34.7. The van der Waals surface area contributed by atoms with Gasteiger partial charge >= 0.3 is 0 Å². The number of nitrogens with zero attached hydrogens (tertiary/aromatic N) is 3. The molecule has 0 spiro atoms. The monoisotopic (exact) mass is 809 g/mol. The molecule has 3 nitrogen and oxygen atoms in total. The lowest BCUT2D eigenvalue weighted by Crippen LogP contribution is -2.52. The Labute approximate surface area is 363 Å². The van der Waals surface area contributed by atoms with Crippen molar-refractivity contribution in [1.29, 1.82) is 0 Å². The van der Waals surface area contributed by atoms with E-state index in [1.807, 2.05) is 12.3 Å². The molecule has 11 rings (SSSR count). The molecule has 0 bridgehead atoms. The van der Waals surface area contributed by atoms with E-state index >= 15 is 0 Å². The van der Waals surface area contributed by atoms with Gasteiger partial charge in [-0.15, -0.1) is 0 Å². The van der Waals surface area contributed by atoms with Crippen molar-refractivity contribution in [2.24, 2.45) is 0 Å². The molecule has 0 aliphatic heterocycles. The summed E-state index contributed by atoms with van der Waals surface area (Å²) in [5, 5.41) is 7.54. The number of benzene rings is 9. The highest BCUT2D eigenvalue weighted by molar-refractivity contribution is 7.00. The van der Waals surface area contributed by atoms with Crippen LogP contribution in [0, 0.1) is 0 Å². The van der Waals surface area contributed by atoms with E-state index in [2.05, 4.69) is 230 Å². The second-order valence-electron chi connectivity index (χ2n) is 16.7. The van der Waals surface area contributed by atoms with Crippen molar-refractivity contribution in [2.45, 2.75) is 13.1 Å². The highest BCUT2D eigenvalue weighted by atomic mass is 28.3. The first-order valence-electron chi connectivity index (χ1n) is 21.3. The van der Waals surface area contributed by atoms with Crippen molar-refractivity contribution in [1.82, 2.24) is 14.5 Å².